The summed E-state index contributed by atoms with van der Waals surface area (Å²) in [5.74, 6) is -0.203. The number of ether oxygens (including phenoxy) is 2. The molecule has 156 valence electrons. The third-order valence-electron chi connectivity index (χ3n) is 3.94. The van der Waals surface area contributed by atoms with Gasteiger partial charge in [0, 0.05) is 12.1 Å². The molecule has 0 saturated carbocycles. The Kier molecular flexibility index (Phi) is 7.74. The first-order valence-corrected chi connectivity index (χ1v) is 10.8. The van der Waals surface area contributed by atoms with Crippen LogP contribution in [0.1, 0.15) is 35.3 Å². The summed E-state index contributed by atoms with van der Waals surface area (Å²) in [4.78, 5) is 24.1. The van der Waals surface area contributed by atoms with Gasteiger partial charge in [0.2, 0.25) is 15.9 Å². The van der Waals surface area contributed by atoms with E-state index in [9.17, 15) is 18.0 Å². The molecule has 8 nitrogen and oxygen atoms in total. The lowest BCUT2D eigenvalue weighted by Crippen LogP contribution is -2.30. The highest BCUT2D eigenvalue weighted by Gasteiger charge is 2.20. The quantitative estimate of drug-likeness (QED) is 0.603. The second-order valence-corrected chi connectivity index (χ2v) is 8.05. The summed E-state index contributed by atoms with van der Waals surface area (Å²) >= 11 is 0. The summed E-state index contributed by atoms with van der Waals surface area (Å²) in [6.45, 7) is 1.99. The number of carbonyl (C=O) groups excluding carboxylic acids is 2. The van der Waals surface area contributed by atoms with Crippen LogP contribution in [0.25, 0.3) is 0 Å². The number of hydrogen-bond acceptors (Lipinski definition) is 6. The van der Waals surface area contributed by atoms with Crippen molar-refractivity contribution in [2.75, 3.05) is 25.3 Å². The zero-order valence-corrected chi connectivity index (χ0v) is 17.3. The Morgan fingerprint density at radius 2 is 1.66 bits per heavy atom. The maximum absolute atomic E-state index is 12.5. The van der Waals surface area contributed by atoms with Crippen molar-refractivity contribution in [1.82, 2.24) is 4.72 Å². The Hall–Kier alpha value is -2.91. The first-order chi connectivity index (χ1) is 13.7. The van der Waals surface area contributed by atoms with E-state index in [-0.39, 0.29) is 18.9 Å². The van der Waals surface area contributed by atoms with Gasteiger partial charge in [-0.1, -0.05) is 12.1 Å². The molecule has 2 aromatic rings. The maximum Gasteiger partial charge on any atom is 0.338 e. The molecule has 0 aliphatic carbocycles. The van der Waals surface area contributed by atoms with Gasteiger partial charge in [-0.25, -0.2) is 17.9 Å². The average molecular weight is 420 g/mol. The molecule has 1 amide bonds. The van der Waals surface area contributed by atoms with Crippen LogP contribution in [0.5, 0.6) is 5.75 Å². The summed E-state index contributed by atoms with van der Waals surface area (Å²) < 4.78 is 35.9. The van der Waals surface area contributed by atoms with Gasteiger partial charge in [0.1, 0.15) is 5.75 Å². The molecule has 0 aromatic heterocycles. The molecule has 0 saturated heterocycles. The number of benzene rings is 2. The third-order valence-corrected chi connectivity index (χ3v) is 4.66. The smallest absolute Gasteiger partial charge is 0.338 e. The van der Waals surface area contributed by atoms with Gasteiger partial charge in [-0.05, 0) is 48.9 Å². The topological polar surface area (TPSA) is 111 Å². The number of amides is 1. The van der Waals surface area contributed by atoms with Gasteiger partial charge in [0.25, 0.3) is 0 Å². The molecule has 0 unspecified atom stereocenters. The molecule has 0 aliphatic heterocycles. The van der Waals surface area contributed by atoms with E-state index in [0.29, 0.717) is 22.6 Å². The summed E-state index contributed by atoms with van der Waals surface area (Å²) in [7, 11) is -2.01. The van der Waals surface area contributed by atoms with Crippen molar-refractivity contribution in [2.24, 2.45) is 0 Å². The Morgan fingerprint density at radius 3 is 2.17 bits per heavy atom. The van der Waals surface area contributed by atoms with Gasteiger partial charge in [-0.3, -0.25) is 4.79 Å². The van der Waals surface area contributed by atoms with E-state index >= 15 is 0 Å². The molecule has 9 heteroatoms. The number of hydrogen-bond donors (Lipinski definition) is 2. The zero-order valence-electron chi connectivity index (χ0n) is 16.5. The fourth-order valence-corrected chi connectivity index (χ4v) is 3.36. The Labute approximate surface area is 170 Å². The van der Waals surface area contributed by atoms with Gasteiger partial charge in [-0.15, -0.1) is 0 Å². The standard InChI is InChI=1S/C20H24N2O6S/c1-4-28-20(24)15-5-9-16(10-6-15)21-19(23)13-18(22-29(3,25)26)14-7-11-17(27-2)12-8-14/h5-12,18,22H,4,13H2,1-3H3,(H,21,23)/t18-/m0/s1. The van der Waals surface area contributed by atoms with E-state index in [1.807, 2.05) is 0 Å². The van der Waals surface area contributed by atoms with Crippen molar-refractivity contribution in [2.45, 2.75) is 19.4 Å². The van der Waals surface area contributed by atoms with E-state index in [4.69, 9.17) is 9.47 Å². The van der Waals surface area contributed by atoms with Gasteiger partial charge in [-0.2, -0.15) is 0 Å². The van der Waals surface area contributed by atoms with E-state index in [1.165, 1.54) is 7.11 Å². The second kappa shape index (κ2) is 10.0. The summed E-state index contributed by atoms with van der Waals surface area (Å²) in [5.41, 5.74) is 1.49. The molecule has 0 radical (unpaired) electrons. The molecule has 0 bridgehead atoms. The van der Waals surface area contributed by atoms with Gasteiger partial charge in [0.05, 0.1) is 31.6 Å². The predicted octanol–water partition coefficient (Wildman–Crippen LogP) is 2.49. The largest absolute Gasteiger partial charge is 0.497 e. The summed E-state index contributed by atoms with van der Waals surface area (Å²) in [5, 5.41) is 2.70. The first-order valence-electron chi connectivity index (χ1n) is 8.90. The molecule has 0 heterocycles. The number of rotatable bonds is 9. The van der Waals surface area contributed by atoms with Crippen LogP contribution in [0, 0.1) is 0 Å². The number of anilines is 1. The lowest BCUT2D eigenvalue weighted by atomic mass is 10.0. The molecule has 2 aromatic carbocycles. The monoisotopic (exact) mass is 420 g/mol. The van der Waals surface area contributed by atoms with Crippen LogP contribution in [0.4, 0.5) is 5.69 Å². The number of nitrogens with one attached hydrogen (secondary N) is 2. The number of carbonyl (C=O) groups is 2. The molecule has 2 rings (SSSR count). The Morgan fingerprint density at radius 1 is 1.03 bits per heavy atom. The van der Waals surface area contributed by atoms with Crippen LogP contribution in [0.15, 0.2) is 48.5 Å². The van der Waals surface area contributed by atoms with Crippen molar-refractivity contribution in [3.8, 4) is 5.75 Å². The highest BCUT2D eigenvalue weighted by molar-refractivity contribution is 7.88. The minimum atomic E-state index is -3.54. The third kappa shape index (κ3) is 7.20. The maximum atomic E-state index is 12.5. The van der Waals surface area contributed by atoms with E-state index in [2.05, 4.69) is 10.0 Å². The molecule has 0 aliphatic rings. The number of sulfonamides is 1. The molecule has 29 heavy (non-hydrogen) atoms. The van der Waals surface area contributed by atoms with Crippen LogP contribution in [-0.2, 0) is 19.6 Å². The van der Waals surface area contributed by atoms with Crippen LogP contribution in [0.2, 0.25) is 0 Å². The zero-order chi connectivity index (χ0) is 21.4. The molecule has 0 spiro atoms. The van der Waals surface area contributed by atoms with Crippen LogP contribution < -0.4 is 14.8 Å². The minimum Gasteiger partial charge on any atom is -0.497 e. The van der Waals surface area contributed by atoms with Crippen LogP contribution in [0.3, 0.4) is 0 Å². The average Bonchev–Trinajstić information content (AvgIpc) is 2.67. The van der Waals surface area contributed by atoms with Crippen molar-refractivity contribution in [1.29, 1.82) is 0 Å². The van der Waals surface area contributed by atoms with Crippen LogP contribution in [-0.4, -0.2) is 40.3 Å². The number of esters is 1. The van der Waals surface area contributed by atoms with Crippen molar-refractivity contribution >= 4 is 27.6 Å². The SMILES string of the molecule is CCOC(=O)c1ccc(NC(=O)C[C@H](NS(C)(=O)=O)c2ccc(OC)cc2)cc1. The lowest BCUT2D eigenvalue weighted by molar-refractivity contribution is -0.116. The highest BCUT2D eigenvalue weighted by Crippen LogP contribution is 2.22. The fraction of sp³-hybridized carbons (Fsp3) is 0.300. The molecular formula is C20H24N2O6S. The van der Waals surface area contributed by atoms with E-state index in [0.717, 1.165) is 6.26 Å². The predicted molar refractivity (Wildman–Crippen MR) is 109 cm³/mol. The number of methoxy groups -OCH3 is 1. The summed E-state index contributed by atoms with van der Waals surface area (Å²) in [6.07, 6.45) is 0.925. The van der Waals surface area contributed by atoms with E-state index < -0.39 is 22.0 Å². The summed E-state index contributed by atoms with van der Waals surface area (Å²) in [6, 6.07) is 12.3. The molecular weight excluding hydrogens is 396 g/mol. The van der Waals surface area contributed by atoms with Gasteiger partial charge in [0.15, 0.2) is 0 Å². The normalized spacial score (nSPS) is 12.1. The Balaban J connectivity index is 2.09. The fourth-order valence-electron chi connectivity index (χ4n) is 2.62. The Bertz CT molecular complexity index is 940. The second-order valence-electron chi connectivity index (χ2n) is 6.27. The first kappa shape index (κ1) is 22.4. The van der Waals surface area contributed by atoms with E-state index in [1.54, 1.807) is 55.5 Å². The lowest BCUT2D eigenvalue weighted by Gasteiger charge is -2.18. The minimum absolute atomic E-state index is 0.112. The molecule has 2 N–H and O–H groups in total. The molecule has 1 atom stereocenters. The van der Waals surface area contributed by atoms with Crippen molar-refractivity contribution in [3.05, 3.63) is 59.7 Å². The highest BCUT2D eigenvalue weighted by atomic mass is 32.2. The van der Waals surface area contributed by atoms with Crippen molar-refractivity contribution < 1.29 is 27.5 Å². The van der Waals surface area contributed by atoms with Gasteiger partial charge >= 0.3 is 5.97 Å². The van der Waals surface area contributed by atoms with Crippen molar-refractivity contribution in [3.63, 3.8) is 0 Å². The van der Waals surface area contributed by atoms with Crippen LogP contribution >= 0.6 is 0 Å². The van der Waals surface area contributed by atoms with Gasteiger partial charge < -0.3 is 14.8 Å². The molecule has 0 fully saturated rings.